The number of thioether (sulfide) groups is 1. The van der Waals surface area contributed by atoms with Gasteiger partial charge in [0.15, 0.2) is 0 Å². The average Bonchev–Trinajstić information content (AvgIpc) is 2.68. The van der Waals surface area contributed by atoms with Gasteiger partial charge < -0.3 is 10.1 Å². The molecule has 1 amide bonds. The zero-order chi connectivity index (χ0) is 19.2. The number of hydrogen-bond acceptors (Lipinski definition) is 3. The Labute approximate surface area is 166 Å². The van der Waals surface area contributed by atoms with E-state index >= 15 is 0 Å². The van der Waals surface area contributed by atoms with E-state index in [1.807, 2.05) is 30.3 Å². The number of hydrogen-bond donors (Lipinski definition) is 1. The van der Waals surface area contributed by atoms with Crippen LogP contribution >= 0.6 is 23.4 Å². The first-order valence-electron chi connectivity index (χ1n) is 8.19. The third-order valence-electron chi connectivity index (χ3n) is 3.84. The van der Waals surface area contributed by atoms with Crippen molar-refractivity contribution in [1.82, 2.24) is 0 Å². The Morgan fingerprint density at radius 3 is 2.44 bits per heavy atom. The molecule has 3 aromatic rings. The lowest BCUT2D eigenvalue weighted by Gasteiger charge is -2.18. The third kappa shape index (κ3) is 4.81. The van der Waals surface area contributed by atoms with Crippen molar-refractivity contribution >= 4 is 35.0 Å². The van der Waals surface area contributed by atoms with Gasteiger partial charge in [0, 0.05) is 10.6 Å². The Morgan fingerprint density at radius 1 is 1.07 bits per heavy atom. The molecule has 0 aliphatic rings. The number of amides is 1. The van der Waals surface area contributed by atoms with Crippen LogP contribution in [0.4, 0.5) is 10.1 Å². The Hall–Kier alpha value is -2.50. The van der Waals surface area contributed by atoms with E-state index < -0.39 is 5.25 Å². The molecule has 3 nitrogen and oxygen atoms in total. The summed E-state index contributed by atoms with van der Waals surface area (Å²) in [7, 11) is 1.52. The lowest BCUT2D eigenvalue weighted by molar-refractivity contribution is -0.115. The predicted molar refractivity (Wildman–Crippen MR) is 108 cm³/mol. The van der Waals surface area contributed by atoms with Crippen LogP contribution in [0.2, 0.25) is 5.02 Å². The zero-order valence-corrected chi connectivity index (χ0v) is 16.1. The molecular weight excluding hydrogens is 385 g/mol. The van der Waals surface area contributed by atoms with Crippen LogP contribution in [-0.2, 0) is 4.79 Å². The van der Waals surface area contributed by atoms with Gasteiger partial charge in [0.25, 0.3) is 0 Å². The molecule has 3 aromatic carbocycles. The number of carbonyl (C=O) groups is 1. The van der Waals surface area contributed by atoms with Crippen molar-refractivity contribution in [3.8, 4) is 5.75 Å². The summed E-state index contributed by atoms with van der Waals surface area (Å²) in [4.78, 5) is 13.4. The molecule has 27 heavy (non-hydrogen) atoms. The van der Waals surface area contributed by atoms with Crippen LogP contribution in [-0.4, -0.2) is 13.0 Å². The van der Waals surface area contributed by atoms with Gasteiger partial charge in [-0.2, -0.15) is 0 Å². The first-order valence-corrected chi connectivity index (χ1v) is 9.45. The highest BCUT2D eigenvalue weighted by Gasteiger charge is 2.23. The highest BCUT2D eigenvalue weighted by Crippen LogP contribution is 2.37. The van der Waals surface area contributed by atoms with Gasteiger partial charge in [0.05, 0.1) is 12.1 Å². The van der Waals surface area contributed by atoms with E-state index in [0.29, 0.717) is 21.4 Å². The van der Waals surface area contributed by atoms with Crippen molar-refractivity contribution in [2.75, 3.05) is 12.4 Å². The molecule has 0 saturated heterocycles. The van der Waals surface area contributed by atoms with Crippen molar-refractivity contribution in [2.24, 2.45) is 0 Å². The molecule has 0 bridgehead atoms. The van der Waals surface area contributed by atoms with E-state index in [1.54, 1.807) is 36.4 Å². The molecule has 0 unspecified atom stereocenters. The molecule has 0 aliphatic carbocycles. The van der Waals surface area contributed by atoms with E-state index in [0.717, 1.165) is 17.3 Å². The minimum absolute atomic E-state index is 0.268. The van der Waals surface area contributed by atoms with Crippen LogP contribution in [0.15, 0.2) is 77.7 Å². The number of nitrogens with one attached hydrogen (secondary N) is 1. The highest BCUT2D eigenvalue weighted by atomic mass is 35.5. The van der Waals surface area contributed by atoms with Gasteiger partial charge in [0.2, 0.25) is 5.91 Å². The molecule has 0 spiro atoms. The number of carbonyl (C=O) groups excluding carboxylic acids is 1. The molecule has 6 heteroatoms. The van der Waals surface area contributed by atoms with Crippen LogP contribution < -0.4 is 10.1 Å². The standard InChI is InChI=1S/C21H17ClFNO2S/c1-26-18-12-11-15(13-16(18)22)24-21(25)20(14-7-3-2-4-8-14)27-19-10-6-5-9-17(19)23/h2-13,20H,1H3,(H,24,25)/t20-/m1/s1. The van der Waals surface area contributed by atoms with Crippen molar-refractivity contribution in [2.45, 2.75) is 10.1 Å². The van der Waals surface area contributed by atoms with Crippen molar-refractivity contribution in [3.63, 3.8) is 0 Å². The molecule has 0 fully saturated rings. The van der Waals surface area contributed by atoms with Crippen LogP contribution in [0.3, 0.4) is 0 Å². The molecular formula is C21H17ClFNO2S. The highest BCUT2D eigenvalue weighted by molar-refractivity contribution is 8.00. The van der Waals surface area contributed by atoms with E-state index in [2.05, 4.69) is 5.32 Å². The summed E-state index contributed by atoms with van der Waals surface area (Å²) in [5.74, 6) is -0.102. The Kier molecular flexibility index (Phi) is 6.37. The maximum absolute atomic E-state index is 14.1. The number of anilines is 1. The van der Waals surface area contributed by atoms with Gasteiger partial charge >= 0.3 is 0 Å². The molecule has 1 atom stereocenters. The Bertz CT molecular complexity index is 936. The fourth-order valence-electron chi connectivity index (χ4n) is 2.52. The van der Waals surface area contributed by atoms with Crippen molar-refractivity contribution < 1.29 is 13.9 Å². The van der Waals surface area contributed by atoms with Crippen molar-refractivity contribution in [1.29, 1.82) is 0 Å². The summed E-state index contributed by atoms with van der Waals surface area (Å²) in [6.07, 6.45) is 0. The number of rotatable bonds is 6. The molecule has 0 heterocycles. The predicted octanol–water partition coefficient (Wildman–Crippen LogP) is 5.96. The third-order valence-corrected chi connectivity index (χ3v) is 5.44. The van der Waals surface area contributed by atoms with E-state index in [4.69, 9.17) is 16.3 Å². The van der Waals surface area contributed by atoms with Gasteiger partial charge in [-0.1, -0.05) is 54.1 Å². The van der Waals surface area contributed by atoms with Crippen LogP contribution in [0.5, 0.6) is 5.75 Å². The summed E-state index contributed by atoms with van der Waals surface area (Å²) in [5, 5.41) is 2.63. The van der Waals surface area contributed by atoms with Crippen LogP contribution in [0.1, 0.15) is 10.8 Å². The number of methoxy groups -OCH3 is 1. The largest absolute Gasteiger partial charge is 0.495 e. The Balaban J connectivity index is 1.87. The van der Waals surface area contributed by atoms with Gasteiger partial charge in [-0.05, 0) is 35.9 Å². The molecule has 0 aliphatic heterocycles. The molecule has 138 valence electrons. The second kappa shape index (κ2) is 8.93. The number of benzene rings is 3. The Morgan fingerprint density at radius 2 is 1.78 bits per heavy atom. The minimum Gasteiger partial charge on any atom is -0.495 e. The maximum Gasteiger partial charge on any atom is 0.242 e. The van der Waals surface area contributed by atoms with Gasteiger partial charge in [-0.25, -0.2) is 4.39 Å². The summed E-state index contributed by atoms with van der Waals surface area (Å²) in [6.45, 7) is 0. The smallest absolute Gasteiger partial charge is 0.242 e. The molecule has 3 rings (SSSR count). The van der Waals surface area contributed by atoms with Crippen molar-refractivity contribution in [3.05, 3.63) is 89.2 Å². The van der Waals surface area contributed by atoms with E-state index in [1.165, 1.54) is 13.2 Å². The summed E-state index contributed by atoms with van der Waals surface area (Å²) >= 11 is 7.29. The first kappa shape index (κ1) is 19.3. The maximum atomic E-state index is 14.1. The normalized spacial score (nSPS) is 11.7. The summed E-state index contributed by atoms with van der Waals surface area (Å²) < 4.78 is 19.2. The number of ether oxygens (including phenoxy) is 1. The molecule has 0 saturated carbocycles. The fourth-order valence-corrected chi connectivity index (χ4v) is 3.83. The summed E-state index contributed by atoms with van der Waals surface area (Å²) in [6, 6.07) is 20.7. The minimum atomic E-state index is -0.621. The first-order chi connectivity index (χ1) is 13.1. The van der Waals surface area contributed by atoms with E-state index in [-0.39, 0.29) is 11.7 Å². The second-order valence-corrected chi connectivity index (χ2v) is 7.23. The van der Waals surface area contributed by atoms with Gasteiger partial charge in [-0.15, -0.1) is 11.8 Å². The topological polar surface area (TPSA) is 38.3 Å². The average molecular weight is 402 g/mol. The quantitative estimate of drug-likeness (QED) is 0.518. The molecule has 1 N–H and O–H groups in total. The number of halogens is 2. The van der Waals surface area contributed by atoms with Gasteiger partial charge in [0.1, 0.15) is 16.8 Å². The zero-order valence-electron chi connectivity index (χ0n) is 14.5. The van der Waals surface area contributed by atoms with Crippen LogP contribution in [0, 0.1) is 5.82 Å². The van der Waals surface area contributed by atoms with E-state index in [9.17, 15) is 9.18 Å². The second-order valence-electron chi connectivity index (χ2n) is 5.68. The van der Waals surface area contributed by atoms with Crippen LogP contribution in [0.25, 0.3) is 0 Å². The SMILES string of the molecule is COc1ccc(NC(=O)[C@H](Sc2ccccc2F)c2ccccc2)cc1Cl. The summed E-state index contributed by atoms with van der Waals surface area (Å²) in [5.41, 5.74) is 1.32. The molecule has 0 radical (unpaired) electrons. The lowest BCUT2D eigenvalue weighted by atomic mass is 10.1. The van der Waals surface area contributed by atoms with Gasteiger partial charge in [-0.3, -0.25) is 4.79 Å². The molecule has 0 aromatic heterocycles. The monoisotopic (exact) mass is 401 g/mol. The lowest BCUT2D eigenvalue weighted by Crippen LogP contribution is -2.19. The fraction of sp³-hybridized carbons (Fsp3) is 0.0952.